The van der Waals surface area contributed by atoms with Gasteiger partial charge < -0.3 is 4.90 Å². The van der Waals surface area contributed by atoms with Crippen LogP contribution in [-0.2, 0) is 0 Å². The Labute approximate surface area is 144 Å². The topological polar surface area (TPSA) is 63.4 Å². The molecule has 3 aromatic rings. The standard InChI is InChI=1S/C17H19N5OS/c1-11-16(24-10-19-11)17(23)21-5-3-4-13(8-21)15-6-14-7-18-9-22(14)12(2)20-15/h6-7,9-10,13H,3-5,8H2,1-2H3. The van der Waals surface area contributed by atoms with Gasteiger partial charge in [0.25, 0.3) is 5.91 Å². The minimum atomic E-state index is 0.0989. The van der Waals surface area contributed by atoms with Crippen molar-refractivity contribution in [2.45, 2.75) is 32.6 Å². The molecule has 6 nitrogen and oxygen atoms in total. The highest BCUT2D eigenvalue weighted by Gasteiger charge is 2.28. The third-order valence-electron chi connectivity index (χ3n) is 4.67. The average Bonchev–Trinajstić information content (AvgIpc) is 3.23. The Balaban J connectivity index is 1.60. The van der Waals surface area contributed by atoms with Crippen molar-refractivity contribution in [1.82, 2.24) is 24.3 Å². The monoisotopic (exact) mass is 341 g/mol. The van der Waals surface area contributed by atoms with Crippen molar-refractivity contribution in [1.29, 1.82) is 0 Å². The summed E-state index contributed by atoms with van der Waals surface area (Å²) in [6.45, 7) is 5.40. The maximum atomic E-state index is 12.8. The number of carbonyl (C=O) groups is 1. The van der Waals surface area contributed by atoms with Gasteiger partial charge in [-0.1, -0.05) is 0 Å². The number of amides is 1. The normalized spacial score (nSPS) is 18.2. The van der Waals surface area contributed by atoms with Gasteiger partial charge in [0.2, 0.25) is 0 Å². The van der Waals surface area contributed by atoms with Crippen LogP contribution in [-0.4, -0.2) is 43.2 Å². The summed E-state index contributed by atoms with van der Waals surface area (Å²) < 4.78 is 1.98. The van der Waals surface area contributed by atoms with Crippen LogP contribution in [0.1, 0.15) is 45.6 Å². The van der Waals surface area contributed by atoms with Gasteiger partial charge in [0, 0.05) is 24.7 Å². The van der Waals surface area contributed by atoms with Gasteiger partial charge in [-0.15, -0.1) is 11.3 Å². The predicted octanol–water partition coefficient (Wildman–Crippen LogP) is 2.82. The first-order valence-corrected chi connectivity index (χ1v) is 9.00. The Morgan fingerprint density at radius 3 is 3.04 bits per heavy atom. The van der Waals surface area contributed by atoms with Gasteiger partial charge in [0.05, 0.1) is 22.9 Å². The van der Waals surface area contributed by atoms with E-state index in [9.17, 15) is 4.79 Å². The van der Waals surface area contributed by atoms with Crippen LogP contribution < -0.4 is 0 Å². The summed E-state index contributed by atoms with van der Waals surface area (Å²) in [5.41, 5.74) is 4.67. The molecule has 3 aromatic heterocycles. The summed E-state index contributed by atoms with van der Waals surface area (Å²) in [4.78, 5) is 28.6. The summed E-state index contributed by atoms with van der Waals surface area (Å²) in [6.07, 6.45) is 5.69. The number of imidazole rings is 1. The molecule has 4 rings (SSSR count). The highest BCUT2D eigenvalue weighted by atomic mass is 32.1. The summed E-state index contributed by atoms with van der Waals surface area (Å²) in [6, 6.07) is 2.09. The number of fused-ring (bicyclic) bond motifs is 1. The van der Waals surface area contributed by atoms with Gasteiger partial charge in [0.1, 0.15) is 17.0 Å². The first-order valence-electron chi connectivity index (χ1n) is 8.12. The van der Waals surface area contributed by atoms with Crippen LogP contribution in [0.2, 0.25) is 0 Å². The minimum absolute atomic E-state index is 0.0989. The van der Waals surface area contributed by atoms with E-state index >= 15 is 0 Å². The van der Waals surface area contributed by atoms with Crippen molar-refractivity contribution in [3.05, 3.63) is 46.2 Å². The highest BCUT2D eigenvalue weighted by molar-refractivity contribution is 7.11. The number of carbonyl (C=O) groups excluding carboxylic acids is 1. The maximum absolute atomic E-state index is 12.8. The largest absolute Gasteiger partial charge is 0.337 e. The fourth-order valence-corrected chi connectivity index (χ4v) is 4.14. The Hall–Kier alpha value is -2.28. The molecule has 0 N–H and O–H groups in total. The molecule has 4 heterocycles. The lowest BCUT2D eigenvalue weighted by Crippen LogP contribution is -2.39. The zero-order chi connectivity index (χ0) is 16.7. The van der Waals surface area contributed by atoms with E-state index < -0.39 is 0 Å². The van der Waals surface area contributed by atoms with E-state index in [1.165, 1.54) is 11.3 Å². The Bertz CT molecular complexity index is 899. The number of rotatable bonds is 2. The number of likely N-dealkylation sites (tertiary alicyclic amines) is 1. The average molecular weight is 341 g/mol. The second kappa shape index (κ2) is 5.98. The molecule has 0 bridgehead atoms. The molecule has 0 radical (unpaired) electrons. The van der Waals surface area contributed by atoms with Gasteiger partial charge in [0.15, 0.2) is 0 Å². The number of hydrogen-bond acceptors (Lipinski definition) is 5. The van der Waals surface area contributed by atoms with Crippen LogP contribution in [0.4, 0.5) is 0 Å². The second-order valence-corrected chi connectivity index (χ2v) is 7.13. The molecule has 0 saturated carbocycles. The Morgan fingerprint density at radius 2 is 2.25 bits per heavy atom. The van der Waals surface area contributed by atoms with Crippen LogP contribution in [0.5, 0.6) is 0 Å². The smallest absolute Gasteiger partial charge is 0.265 e. The third-order valence-corrected chi connectivity index (χ3v) is 5.59. The summed E-state index contributed by atoms with van der Waals surface area (Å²) >= 11 is 1.42. The van der Waals surface area contributed by atoms with Crippen molar-refractivity contribution >= 4 is 22.8 Å². The van der Waals surface area contributed by atoms with Crippen LogP contribution in [0.15, 0.2) is 24.1 Å². The van der Waals surface area contributed by atoms with Gasteiger partial charge in [-0.25, -0.2) is 15.0 Å². The molecule has 1 fully saturated rings. The summed E-state index contributed by atoms with van der Waals surface area (Å²) in [5.74, 6) is 1.30. The molecule has 124 valence electrons. The number of thiazole rings is 1. The number of hydrogen-bond donors (Lipinski definition) is 0. The third kappa shape index (κ3) is 2.58. The zero-order valence-electron chi connectivity index (χ0n) is 13.8. The quantitative estimate of drug-likeness (QED) is 0.719. The zero-order valence-corrected chi connectivity index (χ0v) is 14.6. The number of aryl methyl sites for hydroxylation is 2. The number of aromatic nitrogens is 4. The molecule has 1 aliphatic heterocycles. The summed E-state index contributed by atoms with van der Waals surface area (Å²) in [5, 5.41) is 0. The fourth-order valence-electron chi connectivity index (χ4n) is 3.37. The predicted molar refractivity (Wildman–Crippen MR) is 92.5 cm³/mol. The Kier molecular flexibility index (Phi) is 3.80. The van der Waals surface area contributed by atoms with Crippen molar-refractivity contribution in [3.63, 3.8) is 0 Å². The van der Waals surface area contributed by atoms with E-state index in [2.05, 4.69) is 16.0 Å². The van der Waals surface area contributed by atoms with Crippen molar-refractivity contribution < 1.29 is 4.79 Å². The van der Waals surface area contributed by atoms with E-state index in [0.29, 0.717) is 6.54 Å². The van der Waals surface area contributed by atoms with Crippen molar-refractivity contribution in [2.24, 2.45) is 0 Å². The second-order valence-electron chi connectivity index (χ2n) is 6.27. The van der Waals surface area contributed by atoms with Crippen molar-refractivity contribution in [3.8, 4) is 0 Å². The van der Waals surface area contributed by atoms with E-state index in [4.69, 9.17) is 4.98 Å². The molecule has 0 aliphatic carbocycles. The van der Waals surface area contributed by atoms with Crippen LogP contribution in [0.3, 0.4) is 0 Å². The van der Waals surface area contributed by atoms with Gasteiger partial charge in [-0.05, 0) is 32.8 Å². The van der Waals surface area contributed by atoms with E-state index in [0.717, 1.165) is 47.0 Å². The molecule has 1 amide bonds. The first kappa shape index (κ1) is 15.3. The number of nitrogens with zero attached hydrogens (tertiary/aromatic N) is 5. The molecular weight excluding hydrogens is 322 g/mol. The lowest BCUT2D eigenvalue weighted by molar-refractivity contribution is 0.0710. The first-order chi connectivity index (χ1) is 11.6. The van der Waals surface area contributed by atoms with E-state index in [1.807, 2.05) is 29.3 Å². The fraction of sp³-hybridized carbons (Fsp3) is 0.412. The van der Waals surface area contributed by atoms with E-state index in [-0.39, 0.29) is 11.8 Å². The molecule has 0 aromatic carbocycles. The molecule has 24 heavy (non-hydrogen) atoms. The molecule has 0 spiro atoms. The van der Waals surface area contributed by atoms with E-state index in [1.54, 1.807) is 11.8 Å². The summed E-state index contributed by atoms with van der Waals surface area (Å²) in [7, 11) is 0. The van der Waals surface area contributed by atoms with Crippen LogP contribution in [0, 0.1) is 13.8 Å². The lowest BCUT2D eigenvalue weighted by atomic mass is 9.94. The molecule has 7 heteroatoms. The number of piperidine rings is 1. The van der Waals surface area contributed by atoms with Gasteiger partial charge >= 0.3 is 0 Å². The Morgan fingerprint density at radius 1 is 1.38 bits per heavy atom. The van der Waals surface area contributed by atoms with Gasteiger partial charge in [-0.3, -0.25) is 9.20 Å². The molecule has 1 unspecified atom stereocenters. The molecule has 1 atom stereocenters. The van der Waals surface area contributed by atoms with Crippen LogP contribution in [0.25, 0.3) is 5.52 Å². The van der Waals surface area contributed by atoms with Crippen molar-refractivity contribution in [2.75, 3.05) is 13.1 Å². The lowest BCUT2D eigenvalue weighted by Gasteiger charge is -2.32. The maximum Gasteiger partial charge on any atom is 0.265 e. The molecule has 1 saturated heterocycles. The molecular formula is C17H19N5OS. The van der Waals surface area contributed by atoms with Gasteiger partial charge in [-0.2, -0.15) is 0 Å². The highest BCUT2D eigenvalue weighted by Crippen LogP contribution is 2.28. The SMILES string of the molecule is Cc1ncsc1C(=O)N1CCCC(c2cc3cncn3c(C)n2)C1. The van der Waals surface area contributed by atoms with Crippen LogP contribution >= 0.6 is 11.3 Å². The minimum Gasteiger partial charge on any atom is -0.337 e. The molecule has 1 aliphatic rings.